The van der Waals surface area contributed by atoms with Crippen molar-refractivity contribution in [3.05, 3.63) is 57.7 Å². The van der Waals surface area contributed by atoms with Gasteiger partial charge in [0.15, 0.2) is 0 Å². The van der Waals surface area contributed by atoms with Crippen molar-refractivity contribution in [2.45, 2.75) is 20.4 Å². The van der Waals surface area contributed by atoms with Gasteiger partial charge in [0.2, 0.25) is 0 Å². The third kappa shape index (κ3) is 4.29. The second kappa shape index (κ2) is 7.22. The first-order valence-corrected chi connectivity index (χ1v) is 7.62. The molecule has 4 nitrogen and oxygen atoms in total. The fourth-order valence-electron chi connectivity index (χ4n) is 1.95. The number of hydrogen-bond acceptors (Lipinski definition) is 3. The molecule has 0 unspecified atom stereocenters. The van der Waals surface area contributed by atoms with E-state index in [1.807, 2.05) is 44.2 Å². The molecule has 2 aromatic rings. The Morgan fingerprint density at radius 3 is 2.62 bits per heavy atom. The number of aryl methyl sites for hydroxylation is 1. The number of pyridine rings is 1. The lowest BCUT2D eigenvalue weighted by Gasteiger charge is -2.09. The van der Waals surface area contributed by atoms with E-state index in [-0.39, 0.29) is 5.91 Å². The summed E-state index contributed by atoms with van der Waals surface area (Å²) >= 11 is 3.40. The van der Waals surface area contributed by atoms with E-state index in [9.17, 15) is 4.79 Å². The van der Waals surface area contributed by atoms with Gasteiger partial charge >= 0.3 is 0 Å². The molecule has 0 fully saturated rings. The third-order valence-corrected chi connectivity index (χ3v) is 3.49. The average Bonchev–Trinajstić information content (AvgIpc) is 2.47. The largest absolute Gasteiger partial charge is 0.366 e. The van der Waals surface area contributed by atoms with Gasteiger partial charge in [-0.25, -0.2) is 4.98 Å². The summed E-state index contributed by atoms with van der Waals surface area (Å²) < 4.78 is 0.969. The molecule has 2 N–H and O–H groups in total. The van der Waals surface area contributed by atoms with Crippen molar-refractivity contribution < 1.29 is 4.79 Å². The lowest BCUT2D eigenvalue weighted by atomic mass is 10.1. The predicted octanol–water partition coefficient (Wildman–Crippen LogP) is 3.51. The number of carbonyl (C=O) groups is 1. The van der Waals surface area contributed by atoms with Crippen molar-refractivity contribution >= 4 is 27.7 Å². The fraction of sp³-hybridized carbons (Fsp3) is 0.250. The third-order valence-electron chi connectivity index (χ3n) is 3.06. The molecule has 1 heterocycles. The number of nitrogens with zero attached hydrogens (tertiary/aromatic N) is 1. The number of aromatic nitrogens is 1. The Labute approximate surface area is 133 Å². The number of nitrogens with one attached hydrogen (secondary N) is 2. The Bertz CT molecular complexity index is 626. The molecule has 0 bridgehead atoms. The molecule has 1 amide bonds. The van der Waals surface area contributed by atoms with Crippen LogP contribution in [0.4, 0.5) is 5.82 Å². The molecular formula is C16H18BrN3O. The van der Waals surface area contributed by atoms with Crippen molar-refractivity contribution in [3.8, 4) is 0 Å². The van der Waals surface area contributed by atoms with Crippen LogP contribution in [0.25, 0.3) is 0 Å². The zero-order chi connectivity index (χ0) is 15.2. The smallest absolute Gasteiger partial charge is 0.251 e. The van der Waals surface area contributed by atoms with Gasteiger partial charge in [-0.1, -0.05) is 12.1 Å². The van der Waals surface area contributed by atoms with Crippen molar-refractivity contribution in [2.75, 3.05) is 11.9 Å². The van der Waals surface area contributed by atoms with E-state index in [0.29, 0.717) is 18.7 Å². The van der Waals surface area contributed by atoms with Gasteiger partial charge < -0.3 is 10.6 Å². The monoisotopic (exact) mass is 347 g/mol. The van der Waals surface area contributed by atoms with Crippen LogP contribution in [-0.4, -0.2) is 17.4 Å². The van der Waals surface area contributed by atoms with Crippen molar-refractivity contribution in [1.82, 2.24) is 10.3 Å². The maximum atomic E-state index is 11.7. The van der Waals surface area contributed by atoms with E-state index < -0.39 is 0 Å². The number of halogens is 1. The highest BCUT2D eigenvalue weighted by atomic mass is 79.9. The minimum absolute atomic E-state index is 0.0394. The predicted molar refractivity (Wildman–Crippen MR) is 88.4 cm³/mol. The summed E-state index contributed by atoms with van der Waals surface area (Å²) in [5.74, 6) is 0.827. The summed E-state index contributed by atoms with van der Waals surface area (Å²) in [5, 5.41) is 6.08. The van der Waals surface area contributed by atoms with Crippen LogP contribution in [-0.2, 0) is 6.54 Å². The van der Waals surface area contributed by atoms with Gasteiger partial charge in [-0.05, 0) is 59.1 Å². The molecule has 0 radical (unpaired) electrons. The van der Waals surface area contributed by atoms with E-state index >= 15 is 0 Å². The number of benzene rings is 1. The lowest BCUT2D eigenvalue weighted by Crippen LogP contribution is -2.22. The molecule has 1 aromatic heterocycles. The van der Waals surface area contributed by atoms with E-state index in [1.54, 1.807) is 6.20 Å². The van der Waals surface area contributed by atoms with Crippen LogP contribution in [0.2, 0.25) is 0 Å². The van der Waals surface area contributed by atoms with Crippen LogP contribution < -0.4 is 10.6 Å². The highest BCUT2D eigenvalue weighted by molar-refractivity contribution is 9.10. The van der Waals surface area contributed by atoms with E-state index in [0.717, 1.165) is 21.4 Å². The first-order valence-electron chi connectivity index (χ1n) is 6.83. The summed E-state index contributed by atoms with van der Waals surface area (Å²) in [6.45, 7) is 5.23. The van der Waals surface area contributed by atoms with Crippen LogP contribution in [0.1, 0.15) is 28.4 Å². The zero-order valence-electron chi connectivity index (χ0n) is 12.1. The summed E-state index contributed by atoms with van der Waals surface area (Å²) in [5.41, 5.74) is 2.87. The van der Waals surface area contributed by atoms with Gasteiger partial charge in [0, 0.05) is 29.3 Å². The van der Waals surface area contributed by atoms with Crippen molar-refractivity contribution in [2.24, 2.45) is 0 Å². The maximum Gasteiger partial charge on any atom is 0.251 e. The normalized spacial score (nSPS) is 10.2. The molecule has 5 heteroatoms. The quantitative estimate of drug-likeness (QED) is 0.869. The van der Waals surface area contributed by atoms with Gasteiger partial charge in [0.05, 0.1) is 0 Å². The van der Waals surface area contributed by atoms with Crippen LogP contribution >= 0.6 is 15.9 Å². The molecule has 21 heavy (non-hydrogen) atoms. The van der Waals surface area contributed by atoms with Crippen molar-refractivity contribution in [1.29, 1.82) is 0 Å². The molecule has 0 aliphatic carbocycles. The number of hydrogen-bond donors (Lipinski definition) is 2. The highest BCUT2D eigenvalue weighted by Gasteiger charge is 2.04. The maximum absolute atomic E-state index is 11.7. The van der Waals surface area contributed by atoms with E-state index in [1.165, 1.54) is 0 Å². The zero-order valence-corrected chi connectivity index (χ0v) is 13.7. The van der Waals surface area contributed by atoms with Gasteiger partial charge in [-0.2, -0.15) is 0 Å². The number of amides is 1. The molecule has 0 atom stereocenters. The molecular weight excluding hydrogens is 330 g/mol. The molecule has 0 spiro atoms. The molecule has 2 rings (SSSR count). The van der Waals surface area contributed by atoms with Gasteiger partial charge in [-0.3, -0.25) is 4.79 Å². The van der Waals surface area contributed by atoms with Crippen LogP contribution in [0.5, 0.6) is 0 Å². The molecule has 110 valence electrons. The Kier molecular flexibility index (Phi) is 5.33. The number of anilines is 1. The first kappa shape index (κ1) is 15.5. The average molecular weight is 348 g/mol. The van der Waals surface area contributed by atoms with E-state index in [2.05, 4.69) is 31.5 Å². The second-order valence-electron chi connectivity index (χ2n) is 4.73. The van der Waals surface area contributed by atoms with Gasteiger partial charge in [0.25, 0.3) is 5.91 Å². The summed E-state index contributed by atoms with van der Waals surface area (Å²) in [4.78, 5) is 16.0. The molecule has 0 saturated carbocycles. The van der Waals surface area contributed by atoms with E-state index in [4.69, 9.17) is 0 Å². The minimum atomic E-state index is -0.0394. The van der Waals surface area contributed by atoms with Crippen LogP contribution in [0, 0.1) is 6.92 Å². The Morgan fingerprint density at radius 1 is 1.29 bits per heavy atom. The highest BCUT2D eigenvalue weighted by Crippen LogP contribution is 2.17. The molecule has 0 aliphatic rings. The second-order valence-corrected chi connectivity index (χ2v) is 5.64. The van der Waals surface area contributed by atoms with Crippen molar-refractivity contribution in [3.63, 3.8) is 0 Å². The van der Waals surface area contributed by atoms with Crippen LogP contribution in [0.3, 0.4) is 0 Å². The lowest BCUT2D eigenvalue weighted by molar-refractivity contribution is 0.0956. The summed E-state index contributed by atoms with van der Waals surface area (Å²) in [6, 6.07) is 9.60. The molecule has 0 aliphatic heterocycles. The van der Waals surface area contributed by atoms with Gasteiger partial charge in [-0.15, -0.1) is 0 Å². The van der Waals surface area contributed by atoms with Gasteiger partial charge in [0.1, 0.15) is 5.82 Å². The standard InChI is InChI=1S/C16H18BrN3O/c1-3-18-16(21)13-6-4-12(5-7-13)9-19-15-11(2)8-14(17)10-20-15/h4-8,10H,3,9H2,1-2H3,(H,18,21)(H,19,20). The summed E-state index contributed by atoms with van der Waals surface area (Å²) in [6.07, 6.45) is 1.77. The summed E-state index contributed by atoms with van der Waals surface area (Å²) in [7, 11) is 0. The Balaban J connectivity index is 1.99. The fourth-order valence-corrected chi connectivity index (χ4v) is 2.39. The number of rotatable bonds is 5. The SMILES string of the molecule is CCNC(=O)c1ccc(CNc2ncc(Br)cc2C)cc1. The van der Waals surface area contributed by atoms with Crippen LogP contribution in [0.15, 0.2) is 41.0 Å². The Morgan fingerprint density at radius 2 is 2.00 bits per heavy atom. The molecule has 1 aromatic carbocycles. The number of carbonyl (C=O) groups excluding carboxylic acids is 1. The topological polar surface area (TPSA) is 54.0 Å². The Hall–Kier alpha value is -1.88. The minimum Gasteiger partial charge on any atom is -0.366 e. The first-order chi connectivity index (χ1) is 10.1. The molecule has 0 saturated heterocycles.